The van der Waals surface area contributed by atoms with Crippen molar-refractivity contribution in [3.8, 4) is 5.75 Å². The third-order valence-corrected chi connectivity index (χ3v) is 4.88. The molecule has 0 unspecified atom stereocenters. The highest BCUT2D eigenvalue weighted by Gasteiger charge is 2.40. The number of nitro benzene ring substituents is 1. The van der Waals surface area contributed by atoms with Gasteiger partial charge in [0.1, 0.15) is 17.3 Å². The van der Waals surface area contributed by atoms with E-state index in [1.807, 2.05) is 0 Å². The fourth-order valence-electron chi connectivity index (χ4n) is 3.34. The van der Waals surface area contributed by atoms with Crippen molar-refractivity contribution < 1.29 is 23.6 Å². The maximum absolute atomic E-state index is 13.7. The fraction of sp³-hybridized carbons (Fsp3) is 0.0435. The Hall–Kier alpha value is -4.53. The van der Waals surface area contributed by atoms with E-state index in [0.29, 0.717) is 17.0 Å². The average molecular weight is 433 g/mol. The maximum atomic E-state index is 13.7. The van der Waals surface area contributed by atoms with Crippen LogP contribution in [0.2, 0.25) is 0 Å². The Balaban J connectivity index is 1.80. The second kappa shape index (κ2) is 8.31. The molecule has 0 saturated carbocycles. The molecule has 0 radical (unpaired) electrons. The number of rotatable bonds is 6. The topological polar surface area (TPSA) is 102 Å². The van der Waals surface area contributed by atoms with Crippen molar-refractivity contribution in [3.05, 3.63) is 100.0 Å². The number of methoxy groups -OCH3 is 1. The largest absolute Gasteiger partial charge is 0.497 e. The highest BCUT2D eigenvalue weighted by atomic mass is 19.1. The minimum Gasteiger partial charge on any atom is -0.497 e. The first-order chi connectivity index (χ1) is 15.4. The number of anilines is 2. The first kappa shape index (κ1) is 20.7. The molecule has 0 fully saturated rings. The van der Waals surface area contributed by atoms with Gasteiger partial charge in [0, 0.05) is 17.8 Å². The van der Waals surface area contributed by atoms with Crippen molar-refractivity contribution >= 4 is 34.4 Å². The van der Waals surface area contributed by atoms with E-state index >= 15 is 0 Å². The lowest BCUT2D eigenvalue weighted by molar-refractivity contribution is -0.384. The zero-order valence-corrected chi connectivity index (χ0v) is 16.7. The molecule has 3 aromatic carbocycles. The number of imide groups is 1. The van der Waals surface area contributed by atoms with Crippen LogP contribution >= 0.6 is 0 Å². The van der Waals surface area contributed by atoms with Gasteiger partial charge in [-0.3, -0.25) is 19.7 Å². The van der Waals surface area contributed by atoms with Crippen LogP contribution in [0.15, 0.2) is 78.5 Å². The van der Waals surface area contributed by atoms with Crippen molar-refractivity contribution in [2.75, 3.05) is 17.3 Å². The number of non-ortho nitro benzene ring substituents is 1. The van der Waals surface area contributed by atoms with Gasteiger partial charge in [-0.1, -0.05) is 6.07 Å². The van der Waals surface area contributed by atoms with Crippen LogP contribution in [0.5, 0.6) is 5.75 Å². The highest BCUT2D eigenvalue weighted by molar-refractivity contribution is 6.46. The Labute approximate surface area is 181 Å². The molecule has 160 valence electrons. The number of benzene rings is 3. The third-order valence-electron chi connectivity index (χ3n) is 4.88. The summed E-state index contributed by atoms with van der Waals surface area (Å²) in [5, 5.41) is 13.8. The van der Waals surface area contributed by atoms with E-state index in [9.17, 15) is 24.1 Å². The number of carbonyl (C=O) groups is 2. The monoisotopic (exact) mass is 433 g/mol. The van der Waals surface area contributed by atoms with Crippen molar-refractivity contribution in [2.45, 2.75) is 0 Å². The fourth-order valence-corrected chi connectivity index (χ4v) is 3.34. The summed E-state index contributed by atoms with van der Waals surface area (Å²) in [7, 11) is 1.50. The number of hydrogen-bond acceptors (Lipinski definition) is 6. The number of carbonyl (C=O) groups excluding carboxylic acids is 2. The van der Waals surface area contributed by atoms with Crippen molar-refractivity contribution in [1.29, 1.82) is 0 Å². The van der Waals surface area contributed by atoms with Gasteiger partial charge in [-0.25, -0.2) is 9.29 Å². The van der Waals surface area contributed by atoms with Crippen LogP contribution in [0, 0.1) is 15.9 Å². The summed E-state index contributed by atoms with van der Waals surface area (Å²) < 4.78 is 18.8. The van der Waals surface area contributed by atoms with Crippen LogP contribution in [-0.2, 0) is 9.59 Å². The predicted octanol–water partition coefficient (Wildman–Crippen LogP) is 4.14. The van der Waals surface area contributed by atoms with E-state index in [4.69, 9.17) is 4.74 Å². The zero-order valence-electron chi connectivity index (χ0n) is 16.7. The first-order valence-corrected chi connectivity index (χ1v) is 9.43. The molecule has 9 heteroatoms. The Morgan fingerprint density at radius 1 is 0.969 bits per heavy atom. The quantitative estimate of drug-likeness (QED) is 0.356. The second-order valence-corrected chi connectivity index (χ2v) is 6.83. The van der Waals surface area contributed by atoms with E-state index in [1.165, 1.54) is 49.6 Å². The van der Waals surface area contributed by atoms with Crippen LogP contribution in [-0.4, -0.2) is 23.8 Å². The minimum absolute atomic E-state index is 0.0185. The average Bonchev–Trinajstić information content (AvgIpc) is 3.03. The lowest BCUT2D eigenvalue weighted by Crippen LogP contribution is -2.32. The molecule has 0 atom stereocenters. The van der Waals surface area contributed by atoms with Crippen LogP contribution in [0.1, 0.15) is 5.56 Å². The normalized spacial score (nSPS) is 13.5. The summed E-state index contributed by atoms with van der Waals surface area (Å²) in [6.45, 7) is 0. The molecule has 32 heavy (non-hydrogen) atoms. The lowest BCUT2D eigenvalue weighted by Gasteiger charge is -2.16. The summed E-state index contributed by atoms with van der Waals surface area (Å²) in [4.78, 5) is 38.0. The van der Waals surface area contributed by atoms with E-state index in [2.05, 4.69) is 5.32 Å². The van der Waals surface area contributed by atoms with Crippen molar-refractivity contribution in [1.82, 2.24) is 0 Å². The number of amides is 2. The molecule has 0 spiro atoms. The van der Waals surface area contributed by atoms with Crippen molar-refractivity contribution in [3.63, 3.8) is 0 Å². The molecule has 0 aromatic heterocycles. The molecular weight excluding hydrogens is 417 g/mol. The zero-order chi connectivity index (χ0) is 22.8. The molecule has 1 aliphatic rings. The molecule has 3 aromatic rings. The number of nitro groups is 1. The lowest BCUT2D eigenvalue weighted by atomic mass is 10.0. The molecule has 0 aliphatic carbocycles. The van der Waals surface area contributed by atoms with E-state index in [1.54, 1.807) is 30.3 Å². The molecule has 1 aliphatic heterocycles. The molecule has 1 heterocycles. The minimum atomic E-state index is -0.641. The van der Waals surface area contributed by atoms with Gasteiger partial charge in [-0.2, -0.15) is 0 Å². The van der Waals surface area contributed by atoms with E-state index < -0.39 is 22.6 Å². The number of nitrogens with zero attached hydrogens (tertiary/aromatic N) is 2. The number of halogens is 1. The molecular formula is C23H16FN3O5. The van der Waals surface area contributed by atoms with Gasteiger partial charge in [0.05, 0.1) is 23.3 Å². The van der Waals surface area contributed by atoms with E-state index in [-0.39, 0.29) is 22.6 Å². The molecule has 2 amide bonds. The second-order valence-electron chi connectivity index (χ2n) is 6.83. The van der Waals surface area contributed by atoms with Gasteiger partial charge in [-0.15, -0.1) is 0 Å². The first-order valence-electron chi connectivity index (χ1n) is 9.43. The van der Waals surface area contributed by atoms with Crippen LogP contribution in [0.3, 0.4) is 0 Å². The van der Waals surface area contributed by atoms with Crippen LogP contribution < -0.4 is 15.0 Å². The molecule has 1 N–H and O–H groups in total. The summed E-state index contributed by atoms with van der Waals surface area (Å²) in [5.41, 5.74) is 0.699. The number of hydrogen-bond donors (Lipinski definition) is 1. The number of ether oxygens (including phenoxy) is 1. The van der Waals surface area contributed by atoms with Gasteiger partial charge < -0.3 is 10.1 Å². The van der Waals surface area contributed by atoms with Gasteiger partial charge in [-0.05, 0) is 60.2 Å². The maximum Gasteiger partial charge on any atom is 0.282 e. The summed E-state index contributed by atoms with van der Waals surface area (Å²) in [6, 6.07) is 17.1. The highest BCUT2D eigenvalue weighted by Crippen LogP contribution is 2.35. The van der Waals surface area contributed by atoms with E-state index in [0.717, 1.165) is 4.90 Å². The van der Waals surface area contributed by atoms with Gasteiger partial charge in [0.25, 0.3) is 17.5 Å². The summed E-state index contributed by atoms with van der Waals surface area (Å²) >= 11 is 0. The third kappa shape index (κ3) is 3.79. The predicted molar refractivity (Wildman–Crippen MR) is 116 cm³/mol. The SMILES string of the molecule is COc1ccc(N2C(=O)C(Nc3cccc(F)c3)=C(c3ccc([N+](=O)[O-])cc3)C2=O)cc1. The Morgan fingerprint density at radius 2 is 1.66 bits per heavy atom. The standard InChI is InChI=1S/C23H16FN3O5/c1-32-19-11-9-17(10-12-19)26-22(28)20(14-5-7-18(8-6-14)27(30)31)21(23(26)29)25-16-4-2-3-15(24)13-16/h2-13,25H,1H3. The smallest absolute Gasteiger partial charge is 0.282 e. The Morgan fingerprint density at radius 3 is 2.25 bits per heavy atom. The van der Waals surface area contributed by atoms with Crippen LogP contribution in [0.4, 0.5) is 21.5 Å². The molecule has 8 nitrogen and oxygen atoms in total. The van der Waals surface area contributed by atoms with Gasteiger partial charge in [0.15, 0.2) is 0 Å². The Bertz CT molecular complexity index is 1250. The molecule has 4 rings (SSSR count). The number of nitrogens with one attached hydrogen (secondary N) is 1. The molecule has 0 bridgehead atoms. The summed E-state index contributed by atoms with van der Waals surface area (Å²) in [6.07, 6.45) is 0. The van der Waals surface area contributed by atoms with Gasteiger partial charge in [0.2, 0.25) is 0 Å². The Kier molecular flexibility index (Phi) is 5.38. The van der Waals surface area contributed by atoms with Gasteiger partial charge >= 0.3 is 0 Å². The van der Waals surface area contributed by atoms with Crippen LogP contribution in [0.25, 0.3) is 5.57 Å². The van der Waals surface area contributed by atoms with Crippen molar-refractivity contribution in [2.24, 2.45) is 0 Å². The molecule has 0 saturated heterocycles. The summed E-state index contributed by atoms with van der Waals surface area (Å²) in [5.74, 6) is -1.23.